The number of carbonyl (C=O) groups excluding carboxylic acids is 2. The Morgan fingerprint density at radius 1 is 1.13 bits per heavy atom. The lowest BCUT2D eigenvalue weighted by atomic mass is 9.42. The number of rotatable bonds is 5. The molecule has 6 rings (SSSR count). The van der Waals surface area contributed by atoms with Gasteiger partial charge in [-0.1, -0.05) is 54.6 Å². The van der Waals surface area contributed by atoms with Gasteiger partial charge in [0.25, 0.3) is 0 Å². The number of oxime groups is 1. The molecule has 0 bridgehead atoms. The number of nitrogens with zero attached hydrogens (tertiary/aromatic N) is 1. The van der Waals surface area contributed by atoms with Crippen molar-refractivity contribution in [3.63, 3.8) is 0 Å². The van der Waals surface area contributed by atoms with Gasteiger partial charge in [-0.25, -0.2) is 0 Å². The fourth-order valence-corrected chi connectivity index (χ4v) is 9.25. The van der Waals surface area contributed by atoms with Crippen LogP contribution in [0.1, 0.15) is 76.7 Å². The van der Waals surface area contributed by atoms with Gasteiger partial charge in [0, 0.05) is 49.0 Å². The van der Waals surface area contributed by atoms with Gasteiger partial charge in [0.2, 0.25) is 0 Å². The topological polar surface area (TPSA) is 77.0 Å². The van der Waals surface area contributed by atoms with E-state index in [1.807, 2.05) is 0 Å². The van der Waals surface area contributed by atoms with Crippen LogP contribution in [0.15, 0.2) is 47.6 Å². The smallest absolute Gasteiger partial charge is 0.302 e. The highest BCUT2D eigenvalue weighted by atomic mass is 16.6. The number of allylic oxidation sites excluding steroid dienone is 1. The van der Waals surface area contributed by atoms with Crippen LogP contribution in [-0.2, 0) is 19.2 Å². The third-order valence-electron chi connectivity index (χ3n) is 11.0. The Hall–Kier alpha value is -2.47. The second kappa shape index (κ2) is 9.93. The monoisotopic (exact) mass is 518 g/mol. The zero-order valence-electron chi connectivity index (χ0n) is 22.9. The molecular formula is C32H42N2O4. The van der Waals surface area contributed by atoms with Crippen molar-refractivity contribution in [1.82, 2.24) is 5.32 Å². The minimum atomic E-state index is -0.227. The number of hydrogen-bond acceptors (Lipinski definition) is 6. The summed E-state index contributed by atoms with van der Waals surface area (Å²) in [6.07, 6.45) is 7.37. The molecule has 1 aromatic carbocycles. The predicted molar refractivity (Wildman–Crippen MR) is 147 cm³/mol. The molecule has 38 heavy (non-hydrogen) atoms. The summed E-state index contributed by atoms with van der Waals surface area (Å²) >= 11 is 0. The van der Waals surface area contributed by atoms with E-state index >= 15 is 0 Å². The summed E-state index contributed by atoms with van der Waals surface area (Å²) in [6.45, 7) is 10.7. The Kier molecular flexibility index (Phi) is 6.74. The molecule has 6 nitrogen and oxygen atoms in total. The number of ketones is 1. The third kappa shape index (κ3) is 4.14. The quantitative estimate of drug-likeness (QED) is 0.319. The van der Waals surface area contributed by atoms with E-state index in [4.69, 9.17) is 21.3 Å². The number of Topliss-reactive ketones (excluding diaryl/α,β-unsaturated/α-hetero) is 1. The summed E-state index contributed by atoms with van der Waals surface area (Å²) in [4.78, 5) is 31.3. The van der Waals surface area contributed by atoms with Crippen molar-refractivity contribution in [3.8, 4) is 0 Å². The summed E-state index contributed by atoms with van der Waals surface area (Å²) in [5, 5.41) is 8.20. The van der Waals surface area contributed by atoms with Crippen LogP contribution in [0, 0.1) is 34.5 Å². The maximum absolute atomic E-state index is 13.0. The fraction of sp³-hybridized carbons (Fsp3) is 0.656. The van der Waals surface area contributed by atoms with Crippen molar-refractivity contribution < 1.29 is 19.2 Å². The van der Waals surface area contributed by atoms with Gasteiger partial charge in [0.1, 0.15) is 11.9 Å². The third-order valence-corrected chi connectivity index (χ3v) is 11.0. The Bertz CT molecular complexity index is 1130. The molecule has 1 N–H and O–H groups in total. The number of fused-ring (bicyclic) bond motifs is 5. The van der Waals surface area contributed by atoms with Gasteiger partial charge in [-0.05, 0) is 68.4 Å². The molecule has 6 heteroatoms. The highest BCUT2D eigenvalue weighted by Gasteiger charge is 2.64. The molecule has 0 radical (unpaired) electrons. The van der Waals surface area contributed by atoms with Gasteiger partial charge >= 0.3 is 5.97 Å². The van der Waals surface area contributed by atoms with Gasteiger partial charge in [-0.15, -0.1) is 0 Å². The Labute approximate surface area is 226 Å². The molecule has 4 saturated carbocycles. The van der Waals surface area contributed by atoms with Crippen LogP contribution in [0.4, 0.5) is 0 Å². The Balaban J connectivity index is 1.42. The van der Waals surface area contributed by atoms with E-state index in [0.717, 1.165) is 63.7 Å². The fourth-order valence-electron chi connectivity index (χ4n) is 9.25. The lowest BCUT2D eigenvalue weighted by Crippen LogP contribution is -2.59. The highest BCUT2D eigenvalue weighted by molar-refractivity contribution is 5.92. The molecule has 0 spiro atoms. The summed E-state index contributed by atoms with van der Waals surface area (Å²) in [5.41, 5.74) is 3.12. The van der Waals surface area contributed by atoms with Crippen LogP contribution in [0.3, 0.4) is 0 Å². The minimum absolute atomic E-state index is 0.0434. The number of benzene rings is 1. The molecule has 6 unspecified atom stereocenters. The molecule has 1 aromatic rings. The molecule has 1 saturated heterocycles. The van der Waals surface area contributed by atoms with E-state index in [0.29, 0.717) is 36.6 Å². The van der Waals surface area contributed by atoms with Crippen LogP contribution in [-0.4, -0.2) is 43.3 Å². The Morgan fingerprint density at radius 3 is 2.68 bits per heavy atom. The minimum Gasteiger partial charge on any atom is -0.465 e. The van der Waals surface area contributed by atoms with Crippen LogP contribution < -0.4 is 5.32 Å². The number of ether oxygens (including phenoxy) is 1. The van der Waals surface area contributed by atoms with E-state index in [9.17, 15) is 9.59 Å². The molecule has 8 atom stereocenters. The van der Waals surface area contributed by atoms with E-state index in [1.165, 1.54) is 18.1 Å². The first-order chi connectivity index (χ1) is 18.3. The van der Waals surface area contributed by atoms with Crippen molar-refractivity contribution in [2.24, 2.45) is 39.7 Å². The second-order valence-corrected chi connectivity index (χ2v) is 12.8. The molecule has 1 heterocycles. The molecule has 0 amide bonds. The number of nitrogens with one attached hydrogen (secondary N) is 1. The summed E-state index contributed by atoms with van der Waals surface area (Å²) in [6, 6.07) is 10.7. The van der Waals surface area contributed by atoms with E-state index in [-0.39, 0.29) is 34.7 Å². The van der Waals surface area contributed by atoms with Crippen LogP contribution in [0.5, 0.6) is 0 Å². The largest absolute Gasteiger partial charge is 0.465 e. The SMILES string of the molecule is C=C1CC2C(CC[C@]3(C)C(=O)CCC23)[C@@]2(COC(C)=O)CC/C(=N\OC3CCNC3)C(c3ccccc3)C12. The molecule has 5 aliphatic rings. The lowest BCUT2D eigenvalue weighted by Gasteiger charge is -2.62. The summed E-state index contributed by atoms with van der Waals surface area (Å²) < 4.78 is 5.93. The highest BCUT2D eigenvalue weighted by Crippen LogP contribution is 2.68. The first-order valence-corrected chi connectivity index (χ1v) is 14.7. The normalized spacial score (nSPS) is 41.4. The van der Waals surface area contributed by atoms with Crippen molar-refractivity contribution in [1.29, 1.82) is 0 Å². The van der Waals surface area contributed by atoms with E-state index in [2.05, 4.69) is 42.6 Å². The van der Waals surface area contributed by atoms with Gasteiger partial charge in [-0.2, -0.15) is 0 Å². The van der Waals surface area contributed by atoms with Crippen molar-refractivity contribution in [2.45, 2.75) is 77.2 Å². The lowest BCUT2D eigenvalue weighted by molar-refractivity contribution is -0.158. The summed E-state index contributed by atoms with van der Waals surface area (Å²) in [5.74, 6) is 1.58. The van der Waals surface area contributed by atoms with Crippen LogP contribution in [0.2, 0.25) is 0 Å². The maximum atomic E-state index is 13.0. The predicted octanol–water partition coefficient (Wildman–Crippen LogP) is 5.44. The zero-order chi connectivity index (χ0) is 26.5. The number of hydrogen-bond donors (Lipinski definition) is 1. The molecule has 4 aliphatic carbocycles. The van der Waals surface area contributed by atoms with Crippen LogP contribution in [0.25, 0.3) is 0 Å². The average molecular weight is 519 g/mol. The second-order valence-electron chi connectivity index (χ2n) is 12.8. The van der Waals surface area contributed by atoms with Gasteiger partial charge in [0.05, 0.1) is 12.3 Å². The summed E-state index contributed by atoms with van der Waals surface area (Å²) in [7, 11) is 0. The van der Waals surface area contributed by atoms with Gasteiger partial charge < -0.3 is 14.9 Å². The maximum Gasteiger partial charge on any atom is 0.302 e. The first kappa shape index (κ1) is 25.8. The number of carbonyl (C=O) groups is 2. The molecular weight excluding hydrogens is 476 g/mol. The standard InChI is InChI=1S/C32H42N2O4/c1-20-17-24-25-9-10-28(36)31(25,3)14-11-26(24)32(19-37-21(2)35)15-12-27(34-38-23-13-16-33-18-23)29(30(20)32)22-7-5-4-6-8-22/h4-8,23-26,29-30,33H,1,9-19H2,2-3H3/b34-27+/t23?,24?,25?,26?,29?,30?,31-,32-/m0/s1. The van der Waals surface area contributed by atoms with Gasteiger partial charge in [0.15, 0.2) is 0 Å². The number of esters is 1. The average Bonchev–Trinajstić information content (AvgIpc) is 3.54. The first-order valence-electron chi connectivity index (χ1n) is 14.7. The molecule has 1 aliphatic heterocycles. The van der Waals surface area contributed by atoms with Crippen molar-refractivity contribution in [3.05, 3.63) is 48.0 Å². The molecule has 204 valence electrons. The van der Waals surface area contributed by atoms with Crippen LogP contribution >= 0.6 is 0 Å². The Morgan fingerprint density at radius 2 is 1.95 bits per heavy atom. The van der Waals surface area contributed by atoms with E-state index in [1.54, 1.807) is 0 Å². The molecule has 0 aromatic heterocycles. The van der Waals surface area contributed by atoms with Gasteiger partial charge in [-0.3, -0.25) is 9.59 Å². The van der Waals surface area contributed by atoms with E-state index < -0.39 is 0 Å². The zero-order valence-corrected chi connectivity index (χ0v) is 22.9. The van der Waals surface area contributed by atoms with Crippen molar-refractivity contribution >= 4 is 17.5 Å². The van der Waals surface area contributed by atoms with Crippen molar-refractivity contribution in [2.75, 3.05) is 19.7 Å². The molecule has 5 fully saturated rings.